The molecule has 4 nitrogen and oxygen atoms in total. The summed E-state index contributed by atoms with van der Waals surface area (Å²) >= 11 is 0. The molecule has 0 bridgehead atoms. The minimum Gasteiger partial charge on any atom is -0.481 e. The molecular formula is C38H68O4. The summed E-state index contributed by atoms with van der Waals surface area (Å²) in [4.78, 5) is 23.1. The van der Waals surface area contributed by atoms with Crippen LogP contribution in [0, 0.1) is 0 Å². The Morgan fingerprint density at radius 1 is 0.548 bits per heavy atom. The van der Waals surface area contributed by atoms with Gasteiger partial charge in [-0.25, -0.2) is 0 Å². The van der Waals surface area contributed by atoms with Crippen molar-refractivity contribution in [3.05, 3.63) is 36.5 Å². The lowest BCUT2D eigenvalue weighted by atomic mass is 10.0. The number of carboxylic acid groups (broad SMARTS) is 1. The van der Waals surface area contributed by atoms with Gasteiger partial charge in [-0.1, -0.05) is 140 Å². The number of carbonyl (C=O) groups excluding carboxylic acids is 1. The summed E-state index contributed by atoms with van der Waals surface area (Å²) in [5, 5.41) is 8.70. The highest BCUT2D eigenvalue weighted by Crippen LogP contribution is 2.18. The summed E-state index contributed by atoms with van der Waals surface area (Å²) < 4.78 is 5.95. The highest BCUT2D eigenvalue weighted by molar-refractivity contribution is 5.69. The quantitative estimate of drug-likeness (QED) is 0.0482. The molecular weight excluding hydrogens is 520 g/mol. The van der Waals surface area contributed by atoms with Crippen LogP contribution in [0.4, 0.5) is 0 Å². The van der Waals surface area contributed by atoms with Gasteiger partial charge in [0.25, 0.3) is 0 Å². The number of aliphatic carboxylic acids is 1. The molecule has 0 rings (SSSR count). The molecule has 0 aliphatic carbocycles. The van der Waals surface area contributed by atoms with E-state index in [0.29, 0.717) is 12.8 Å². The molecule has 0 fully saturated rings. The van der Waals surface area contributed by atoms with Crippen molar-refractivity contribution in [2.24, 2.45) is 0 Å². The van der Waals surface area contributed by atoms with E-state index in [1.54, 1.807) is 0 Å². The molecule has 0 aromatic rings. The second-order valence-electron chi connectivity index (χ2n) is 12.0. The van der Waals surface area contributed by atoms with Crippen molar-refractivity contribution in [2.75, 3.05) is 0 Å². The van der Waals surface area contributed by atoms with Gasteiger partial charge in [-0.05, 0) is 70.6 Å². The van der Waals surface area contributed by atoms with Crippen molar-refractivity contribution >= 4 is 11.9 Å². The van der Waals surface area contributed by atoms with Gasteiger partial charge in [0.2, 0.25) is 0 Å². The Bertz CT molecular complexity index is 679. The van der Waals surface area contributed by atoms with E-state index in [1.807, 2.05) is 0 Å². The first-order chi connectivity index (χ1) is 20.6. The molecule has 0 aromatic carbocycles. The molecule has 0 aliphatic heterocycles. The number of hydrogen-bond donors (Lipinski definition) is 1. The zero-order chi connectivity index (χ0) is 30.8. The fraction of sp³-hybridized carbons (Fsp3) is 0.789. The smallest absolute Gasteiger partial charge is 0.306 e. The summed E-state index contributed by atoms with van der Waals surface area (Å²) in [5.41, 5.74) is 0. The number of unbranched alkanes of at least 4 members (excludes halogenated alkanes) is 17. The van der Waals surface area contributed by atoms with Crippen molar-refractivity contribution in [1.29, 1.82) is 0 Å². The van der Waals surface area contributed by atoms with Crippen molar-refractivity contribution < 1.29 is 19.4 Å². The maximum absolute atomic E-state index is 12.5. The lowest BCUT2D eigenvalue weighted by molar-refractivity contribution is -0.150. The molecule has 0 amide bonds. The van der Waals surface area contributed by atoms with E-state index < -0.39 is 5.97 Å². The largest absolute Gasteiger partial charge is 0.481 e. The highest BCUT2D eigenvalue weighted by atomic mass is 16.5. The van der Waals surface area contributed by atoms with Gasteiger partial charge in [-0.15, -0.1) is 0 Å². The molecule has 1 unspecified atom stereocenters. The van der Waals surface area contributed by atoms with Crippen LogP contribution in [0.25, 0.3) is 0 Å². The first kappa shape index (κ1) is 40.2. The summed E-state index contributed by atoms with van der Waals surface area (Å²) in [6.45, 7) is 4.40. The van der Waals surface area contributed by atoms with Gasteiger partial charge in [0.15, 0.2) is 0 Å². The zero-order valence-electron chi connectivity index (χ0n) is 27.8. The minimum atomic E-state index is -0.684. The molecule has 0 radical (unpaired) electrons. The zero-order valence-corrected chi connectivity index (χ0v) is 27.8. The Hall–Kier alpha value is -1.84. The molecule has 0 saturated carbocycles. The van der Waals surface area contributed by atoms with E-state index in [-0.39, 0.29) is 12.1 Å². The number of allylic oxidation sites excluding steroid dienone is 6. The van der Waals surface area contributed by atoms with Crippen LogP contribution in [0.1, 0.15) is 187 Å². The van der Waals surface area contributed by atoms with Gasteiger partial charge in [-0.3, -0.25) is 9.59 Å². The topological polar surface area (TPSA) is 63.6 Å². The third-order valence-electron chi connectivity index (χ3n) is 7.88. The van der Waals surface area contributed by atoms with E-state index in [1.165, 1.54) is 83.5 Å². The average molecular weight is 589 g/mol. The van der Waals surface area contributed by atoms with Crippen LogP contribution in [0.2, 0.25) is 0 Å². The van der Waals surface area contributed by atoms with E-state index in [4.69, 9.17) is 9.84 Å². The van der Waals surface area contributed by atoms with Crippen molar-refractivity contribution in [2.45, 2.75) is 193 Å². The van der Waals surface area contributed by atoms with Gasteiger partial charge >= 0.3 is 11.9 Å². The average Bonchev–Trinajstić information content (AvgIpc) is 2.97. The fourth-order valence-corrected chi connectivity index (χ4v) is 5.26. The monoisotopic (exact) mass is 589 g/mol. The predicted octanol–water partition coefficient (Wildman–Crippen LogP) is 12.2. The minimum absolute atomic E-state index is 0.0101. The van der Waals surface area contributed by atoms with E-state index in [9.17, 15) is 9.59 Å². The third-order valence-corrected chi connectivity index (χ3v) is 7.88. The van der Waals surface area contributed by atoms with Gasteiger partial charge in [0.05, 0.1) is 0 Å². The van der Waals surface area contributed by atoms with Crippen LogP contribution in [-0.2, 0) is 14.3 Å². The maximum atomic E-state index is 12.5. The lowest BCUT2D eigenvalue weighted by Gasteiger charge is -2.18. The van der Waals surface area contributed by atoms with Crippen LogP contribution in [0.15, 0.2) is 36.5 Å². The van der Waals surface area contributed by atoms with Crippen molar-refractivity contribution in [3.8, 4) is 0 Å². The van der Waals surface area contributed by atoms with Crippen LogP contribution in [-0.4, -0.2) is 23.1 Å². The molecule has 0 spiro atoms. The molecule has 1 N–H and O–H groups in total. The predicted molar refractivity (Wildman–Crippen MR) is 181 cm³/mol. The number of carboxylic acids is 1. The molecule has 0 aliphatic rings. The molecule has 4 heteroatoms. The molecule has 0 saturated heterocycles. The molecule has 42 heavy (non-hydrogen) atoms. The van der Waals surface area contributed by atoms with E-state index >= 15 is 0 Å². The lowest BCUT2D eigenvalue weighted by Crippen LogP contribution is -2.18. The SMILES string of the molecule is CC/C=C\C/C=C\C/C=C\CCCCCCCCCC(=O)OC(CCCCCC)CCCCCCCCCCC(=O)O. The number of rotatable bonds is 32. The first-order valence-corrected chi connectivity index (χ1v) is 18.0. The molecule has 0 heterocycles. The fourth-order valence-electron chi connectivity index (χ4n) is 5.26. The Kier molecular flexibility index (Phi) is 32.2. The van der Waals surface area contributed by atoms with Gasteiger partial charge in [-0.2, -0.15) is 0 Å². The Morgan fingerprint density at radius 2 is 1.00 bits per heavy atom. The van der Waals surface area contributed by atoms with Gasteiger partial charge in [0.1, 0.15) is 6.10 Å². The van der Waals surface area contributed by atoms with E-state index in [2.05, 4.69) is 50.3 Å². The van der Waals surface area contributed by atoms with Crippen LogP contribution >= 0.6 is 0 Å². The Morgan fingerprint density at radius 3 is 1.55 bits per heavy atom. The highest BCUT2D eigenvalue weighted by Gasteiger charge is 2.14. The molecule has 1 atom stereocenters. The third kappa shape index (κ3) is 32.7. The normalized spacial score (nSPS) is 12.6. The number of esters is 1. The molecule has 0 aromatic heterocycles. The van der Waals surface area contributed by atoms with E-state index in [0.717, 1.165) is 77.0 Å². The number of carbonyl (C=O) groups is 2. The molecule has 244 valence electrons. The number of ether oxygens (including phenoxy) is 1. The van der Waals surface area contributed by atoms with Crippen molar-refractivity contribution in [3.63, 3.8) is 0 Å². The Balaban J connectivity index is 3.83. The second-order valence-corrected chi connectivity index (χ2v) is 12.0. The van der Waals surface area contributed by atoms with Crippen molar-refractivity contribution in [1.82, 2.24) is 0 Å². The summed E-state index contributed by atoms with van der Waals surface area (Å²) in [7, 11) is 0. The summed E-state index contributed by atoms with van der Waals surface area (Å²) in [6.07, 6.45) is 43.2. The van der Waals surface area contributed by atoms with Crippen LogP contribution in [0.3, 0.4) is 0 Å². The van der Waals surface area contributed by atoms with Crippen LogP contribution in [0.5, 0.6) is 0 Å². The number of hydrogen-bond acceptors (Lipinski definition) is 3. The standard InChI is InChI=1S/C38H68O4/c1-3-5-7-9-10-11-12-13-14-15-16-17-18-19-24-27-31-35-38(41)42-36(32-28-8-6-4-2)33-29-25-22-20-21-23-26-30-34-37(39)40/h5,7,10-11,13-14,36H,3-4,6,8-9,12,15-35H2,1-2H3,(H,39,40)/b7-5-,11-10-,14-13-. The van der Waals surface area contributed by atoms with Gasteiger partial charge in [0, 0.05) is 12.8 Å². The first-order valence-electron chi connectivity index (χ1n) is 18.0. The summed E-state index contributed by atoms with van der Waals surface area (Å²) in [5.74, 6) is -0.674. The Labute approximate surface area is 260 Å². The maximum Gasteiger partial charge on any atom is 0.306 e. The second kappa shape index (κ2) is 33.7. The van der Waals surface area contributed by atoms with Crippen LogP contribution < -0.4 is 0 Å². The van der Waals surface area contributed by atoms with Gasteiger partial charge < -0.3 is 9.84 Å². The summed E-state index contributed by atoms with van der Waals surface area (Å²) in [6, 6.07) is 0.